The zero-order valence-electron chi connectivity index (χ0n) is 10.2. The highest BCUT2D eigenvalue weighted by atomic mass is 16.5. The van der Waals surface area contributed by atoms with Crippen LogP contribution in [0.1, 0.15) is 26.7 Å². The highest BCUT2D eigenvalue weighted by Gasteiger charge is 2.39. The van der Waals surface area contributed by atoms with Crippen molar-refractivity contribution in [3.05, 3.63) is 0 Å². The summed E-state index contributed by atoms with van der Waals surface area (Å²) < 4.78 is 5.39. The number of carbonyl (C=O) groups excluding carboxylic acids is 1. The van der Waals surface area contributed by atoms with E-state index in [0.29, 0.717) is 25.2 Å². The highest BCUT2D eigenvalue weighted by molar-refractivity contribution is 5.80. The molecule has 0 radical (unpaired) electrons. The summed E-state index contributed by atoms with van der Waals surface area (Å²) in [6, 6.07) is 0.619. The topological polar surface area (TPSA) is 50.4 Å². The molecule has 4 nitrogen and oxygen atoms in total. The maximum atomic E-state index is 12.0. The van der Waals surface area contributed by atoms with E-state index in [2.05, 4.69) is 24.5 Å². The third-order valence-corrected chi connectivity index (χ3v) is 3.51. The van der Waals surface area contributed by atoms with E-state index >= 15 is 0 Å². The van der Waals surface area contributed by atoms with Gasteiger partial charge in [-0.15, -0.1) is 0 Å². The smallest absolute Gasteiger partial charge is 0.227 e. The van der Waals surface area contributed by atoms with Crippen LogP contribution in [0.15, 0.2) is 0 Å². The maximum absolute atomic E-state index is 12.0. The van der Waals surface area contributed by atoms with Gasteiger partial charge in [-0.2, -0.15) is 0 Å². The Balaban J connectivity index is 1.79. The van der Waals surface area contributed by atoms with Crippen LogP contribution in [-0.4, -0.2) is 37.7 Å². The number of rotatable bonds is 5. The lowest BCUT2D eigenvalue weighted by Crippen LogP contribution is -2.45. The Morgan fingerprint density at radius 1 is 1.38 bits per heavy atom. The second-order valence-electron chi connectivity index (χ2n) is 5.03. The number of nitrogens with one attached hydrogen (secondary N) is 2. The van der Waals surface area contributed by atoms with E-state index in [9.17, 15) is 4.79 Å². The largest absolute Gasteiger partial charge is 0.379 e. The van der Waals surface area contributed by atoms with Crippen LogP contribution in [0, 0.1) is 11.8 Å². The second kappa shape index (κ2) is 5.15. The molecule has 1 saturated carbocycles. The van der Waals surface area contributed by atoms with Crippen LogP contribution in [0.3, 0.4) is 0 Å². The minimum Gasteiger partial charge on any atom is -0.379 e. The van der Waals surface area contributed by atoms with Gasteiger partial charge in [-0.1, -0.05) is 13.8 Å². The maximum Gasteiger partial charge on any atom is 0.227 e. The molecule has 0 aromatic carbocycles. The lowest BCUT2D eigenvalue weighted by molar-refractivity contribution is -0.125. The van der Waals surface area contributed by atoms with Crippen LogP contribution in [0.2, 0.25) is 0 Å². The minimum atomic E-state index is -0.000602. The van der Waals surface area contributed by atoms with E-state index in [1.165, 1.54) is 0 Å². The molecule has 1 saturated heterocycles. The molecule has 2 fully saturated rings. The Bertz CT molecular complexity index is 257. The van der Waals surface area contributed by atoms with E-state index in [0.717, 1.165) is 19.4 Å². The molecular weight excluding hydrogens is 204 g/mol. The van der Waals surface area contributed by atoms with Gasteiger partial charge in [0.2, 0.25) is 5.91 Å². The fourth-order valence-corrected chi connectivity index (χ4v) is 2.16. The van der Waals surface area contributed by atoms with Crippen molar-refractivity contribution in [1.29, 1.82) is 0 Å². The monoisotopic (exact) mass is 226 g/mol. The predicted molar refractivity (Wildman–Crippen MR) is 62.1 cm³/mol. The first-order chi connectivity index (χ1) is 7.72. The Labute approximate surface area is 97.1 Å². The van der Waals surface area contributed by atoms with Crippen molar-refractivity contribution in [1.82, 2.24) is 10.6 Å². The normalized spacial score (nSPS) is 37.4. The molecule has 0 bridgehead atoms. The molecule has 16 heavy (non-hydrogen) atoms. The molecular formula is C12H22N2O2. The molecule has 4 atom stereocenters. The summed E-state index contributed by atoms with van der Waals surface area (Å²) in [7, 11) is 0. The van der Waals surface area contributed by atoms with Crippen molar-refractivity contribution >= 4 is 5.91 Å². The van der Waals surface area contributed by atoms with E-state index in [1.807, 2.05) is 0 Å². The number of carbonyl (C=O) groups is 1. The molecule has 1 amide bonds. The van der Waals surface area contributed by atoms with Crippen LogP contribution in [0.25, 0.3) is 0 Å². The van der Waals surface area contributed by atoms with Crippen molar-refractivity contribution < 1.29 is 9.53 Å². The molecule has 4 heteroatoms. The van der Waals surface area contributed by atoms with Crippen molar-refractivity contribution in [2.45, 2.75) is 38.8 Å². The fraction of sp³-hybridized carbons (Fsp3) is 0.917. The van der Waals surface area contributed by atoms with E-state index < -0.39 is 0 Å². The fourth-order valence-electron chi connectivity index (χ4n) is 2.16. The summed E-state index contributed by atoms with van der Waals surface area (Å²) in [5, 5.41) is 6.47. The zero-order valence-corrected chi connectivity index (χ0v) is 10.2. The summed E-state index contributed by atoms with van der Waals surface area (Å²) in [6.07, 6.45) is 2.22. The molecule has 92 valence electrons. The Kier molecular flexibility index (Phi) is 3.82. The first-order valence-electron chi connectivity index (χ1n) is 6.34. The molecule has 1 aliphatic heterocycles. The van der Waals surface area contributed by atoms with Crippen LogP contribution in [0.4, 0.5) is 0 Å². The SMILES string of the molecule is CCCNC1COCC1C(=O)NC1CC1C. The van der Waals surface area contributed by atoms with Crippen LogP contribution in [0.5, 0.6) is 0 Å². The Hall–Kier alpha value is -0.610. The van der Waals surface area contributed by atoms with Crippen molar-refractivity contribution in [3.8, 4) is 0 Å². The summed E-state index contributed by atoms with van der Waals surface area (Å²) in [6.45, 7) is 6.48. The summed E-state index contributed by atoms with van der Waals surface area (Å²) in [5.41, 5.74) is 0. The van der Waals surface area contributed by atoms with Gasteiger partial charge in [-0.3, -0.25) is 4.79 Å². The first kappa shape index (κ1) is 11.9. The molecule has 1 aliphatic carbocycles. The summed E-state index contributed by atoms with van der Waals surface area (Å²) in [4.78, 5) is 12.0. The second-order valence-corrected chi connectivity index (χ2v) is 5.03. The number of ether oxygens (including phenoxy) is 1. The quantitative estimate of drug-likeness (QED) is 0.719. The van der Waals surface area contributed by atoms with Gasteiger partial charge in [-0.05, 0) is 25.3 Å². The molecule has 2 rings (SSSR count). The van der Waals surface area contributed by atoms with Gasteiger partial charge < -0.3 is 15.4 Å². The number of hydrogen-bond acceptors (Lipinski definition) is 3. The molecule has 2 aliphatic rings. The van der Waals surface area contributed by atoms with Crippen molar-refractivity contribution in [2.24, 2.45) is 11.8 Å². The van der Waals surface area contributed by atoms with Gasteiger partial charge in [0.25, 0.3) is 0 Å². The van der Waals surface area contributed by atoms with Gasteiger partial charge in [0, 0.05) is 12.1 Å². The molecule has 0 aromatic rings. The number of hydrogen-bond donors (Lipinski definition) is 2. The zero-order chi connectivity index (χ0) is 11.5. The summed E-state index contributed by atoms with van der Waals surface area (Å²) >= 11 is 0. The van der Waals surface area contributed by atoms with Gasteiger partial charge in [0.05, 0.1) is 19.1 Å². The molecule has 0 aromatic heterocycles. The van der Waals surface area contributed by atoms with Crippen molar-refractivity contribution in [3.63, 3.8) is 0 Å². The van der Waals surface area contributed by atoms with E-state index in [-0.39, 0.29) is 17.9 Å². The Morgan fingerprint density at radius 3 is 2.75 bits per heavy atom. The lowest BCUT2D eigenvalue weighted by Gasteiger charge is -2.18. The third-order valence-electron chi connectivity index (χ3n) is 3.51. The average Bonchev–Trinajstić information content (AvgIpc) is 2.81. The highest BCUT2D eigenvalue weighted by Crippen LogP contribution is 2.29. The molecule has 2 N–H and O–H groups in total. The molecule has 4 unspecified atom stereocenters. The first-order valence-corrected chi connectivity index (χ1v) is 6.34. The predicted octanol–water partition coefficient (Wildman–Crippen LogP) is 0.526. The molecule has 0 spiro atoms. The van der Waals surface area contributed by atoms with Gasteiger partial charge in [-0.25, -0.2) is 0 Å². The molecule has 1 heterocycles. The van der Waals surface area contributed by atoms with Crippen LogP contribution in [-0.2, 0) is 9.53 Å². The van der Waals surface area contributed by atoms with Crippen molar-refractivity contribution in [2.75, 3.05) is 19.8 Å². The van der Waals surface area contributed by atoms with Crippen LogP contribution >= 0.6 is 0 Å². The Morgan fingerprint density at radius 2 is 2.12 bits per heavy atom. The van der Waals surface area contributed by atoms with E-state index in [1.54, 1.807) is 0 Å². The average molecular weight is 226 g/mol. The van der Waals surface area contributed by atoms with Gasteiger partial charge >= 0.3 is 0 Å². The standard InChI is InChI=1S/C12H22N2O2/c1-3-4-13-11-7-16-6-9(11)12(15)14-10-5-8(10)2/h8-11,13H,3-7H2,1-2H3,(H,14,15). The number of amides is 1. The van der Waals surface area contributed by atoms with Gasteiger partial charge in [0.15, 0.2) is 0 Å². The summed E-state index contributed by atoms with van der Waals surface area (Å²) in [5.74, 6) is 0.827. The third kappa shape index (κ3) is 2.74. The minimum absolute atomic E-state index is 0.000602. The van der Waals surface area contributed by atoms with Gasteiger partial charge in [0.1, 0.15) is 0 Å². The van der Waals surface area contributed by atoms with Crippen LogP contribution < -0.4 is 10.6 Å². The lowest BCUT2D eigenvalue weighted by atomic mass is 10.0. The van der Waals surface area contributed by atoms with E-state index in [4.69, 9.17) is 4.74 Å².